The summed E-state index contributed by atoms with van der Waals surface area (Å²) in [4.78, 5) is 33.7. The van der Waals surface area contributed by atoms with E-state index in [9.17, 15) is 9.59 Å². The van der Waals surface area contributed by atoms with Gasteiger partial charge in [0.15, 0.2) is 5.69 Å². The Morgan fingerprint density at radius 2 is 1.85 bits per heavy atom. The fourth-order valence-corrected chi connectivity index (χ4v) is 6.16. The lowest BCUT2D eigenvalue weighted by Gasteiger charge is -2.23. The van der Waals surface area contributed by atoms with Crippen LogP contribution in [0.3, 0.4) is 0 Å². The third-order valence-electron chi connectivity index (χ3n) is 5.69. The molecule has 2 aromatic carbocycles. The van der Waals surface area contributed by atoms with Crippen LogP contribution in [0, 0.1) is 6.92 Å². The summed E-state index contributed by atoms with van der Waals surface area (Å²) in [6, 6.07) is 17.4. The van der Waals surface area contributed by atoms with Crippen molar-refractivity contribution in [2.24, 2.45) is 7.05 Å². The van der Waals surface area contributed by atoms with E-state index in [4.69, 9.17) is 0 Å². The number of amides is 2. The molecule has 0 spiro atoms. The average molecular weight is 478 g/mol. The topological polar surface area (TPSA) is 80.1 Å². The molecule has 0 bridgehead atoms. The number of thioether (sulfide) groups is 1. The number of benzene rings is 2. The van der Waals surface area contributed by atoms with Crippen molar-refractivity contribution in [2.45, 2.75) is 13.0 Å². The predicted molar refractivity (Wildman–Crippen MR) is 133 cm³/mol. The highest BCUT2D eigenvalue weighted by Gasteiger charge is 2.33. The van der Waals surface area contributed by atoms with Crippen LogP contribution < -0.4 is 5.32 Å². The van der Waals surface area contributed by atoms with Crippen LogP contribution in [-0.4, -0.2) is 55.7 Å². The quantitative estimate of drug-likeness (QED) is 0.471. The molecule has 1 fully saturated rings. The van der Waals surface area contributed by atoms with Gasteiger partial charge >= 0.3 is 0 Å². The molecule has 33 heavy (non-hydrogen) atoms. The normalized spacial score (nSPS) is 15.8. The lowest BCUT2D eigenvalue weighted by Crippen LogP contribution is -2.44. The predicted octanol–water partition coefficient (Wildman–Crippen LogP) is 3.95. The number of aromatic nitrogens is 3. The summed E-state index contributed by atoms with van der Waals surface area (Å²) in [5.41, 5.74) is 2.78. The second-order valence-electron chi connectivity index (χ2n) is 7.90. The second kappa shape index (κ2) is 8.99. The van der Waals surface area contributed by atoms with Gasteiger partial charge in [-0.25, -0.2) is 4.98 Å². The van der Waals surface area contributed by atoms with Gasteiger partial charge in [-0.05, 0) is 18.6 Å². The van der Waals surface area contributed by atoms with Gasteiger partial charge in [-0.3, -0.25) is 14.3 Å². The molecule has 168 valence electrons. The van der Waals surface area contributed by atoms with Gasteiger partial charge in [-0.1, -0.05) is 48.5 Å². The van der Waals surface area contributed by atoms with Gasteiger partial charge in [0, 0.05) is 24.7 Å². The maximum absolute atomic E-state index is 13.5. The van der Waals surface area contributed by atoms with Gasteiger partial charge in [0.25, 0.3) is 11.8 Å². The van der Waals surface area contributed by atoms with Crippen LogP contribution >= 0.6 is 23.1 Å². The number of aryl methyl sites for hydroxylation is 2. The van der Waals surface area contributed by atoms with Gasteiger partial charge in [-0.15, -0.1) is 23.1 Å². The molecule has 1 atom stereocenters. The molecule has 0 aliphatic carbocycles. The first-order valence-electron chi connectivity index (χ1n) is 10.6. The van der Waals surface area contributed by atoms with Crippen molar-refractivity contribution in [1.29, 1.82) is 0 Å². The minimum absolute atomic E-state index is 0.0919. The van der Waals surface area contributed by atoms with Gasteiger partial charge in [0.1, 0.15) is 5.69 Å². The summed E-state index contributed by atoms with van der Waals surface area (Å²) in [5, 5.41) is 9.06. The molecule has 7 nitrogen and oxygen atoms in total. The fraction of sp³-hybridized carbons (Fsp3) is 0.250. The standard InChI is InChI=1S/C24H23N5O2S2/c1-15-26-21(22(33-15)16-8-4-3-5-9-16)24(31)29-14-32-13-17(29)12-25-23(30)20-18-10-6-7-11-19(18)28(2)27-20/h3-11,17H,12-14H2,1-2H3,(H,25,30)/t17-/m1/s1. The Morgan fingerprint density at radius 1 is 1.09 bits per heavy atom. The first-order chi connectivity index (χ1) is 16.0. The highest BCUT2D eigenvalue weighted by atomic mass is 32.2. The monoisotopic (exact) mass is 477 g/mol. The number of hydrogen-bond donors (Lipinski definition) is 1. The summed E-state index contributed by atoms with van der Waals surface area (Å²) in [5.74, 6) is 1.02. The van der Waals surface area contributed by atoms with Crippen molar-refractivity contribution < 1.29 is 9.59 Å². The molecular weight excluding hydrogens is 454 g/mol. The van der Waals surface area contributed by atoms with Crippen LogP contribution in [0.1, 0.15) is 26.0 Å². The highest BCUT2D eigenvalue weighted by Crippen LogP contribution is 2.33. The number of carbonyl (C=O) groups is 2. The van der Waals surface area contributed by atoms with Crippen LogP contribution in [0.2, 0.25) is 0 Å². The van der Waals surface area contributed by atoms with Crippen molar-refractivity contribution >= 4 is 45.8 Å². The van der Waals surface area contributed by atoms with Crippen molar-refractivity contribution in [1.82, 2.24) is 25.0 Å². The summed E-state index contributed by atoms with van der Waals surface area (Å²) < 4.78 is 1.71. The Bertz CT molecular complexity index is 1330. The zero-order chi connectivity index (χ0) is 22.9. The summed E-state index contributed by atoms with van der Waals surface area (Å²) in [6.07, 6.45) is 0. The molecule has 5 rings (SSSR count). The SMILES string of the molecule is Cc1nc(C(=O)N2CSC[C@H]2CNC(=O)c2nn(C)c3ccccc23)c(-c2ccccc2)s1. The van der Waals surface area contributed by atoms with Crippen LogP contribution in [0.4, 0.5) is 0 Å². The van der Waals surface area contributed by atoms with Gasteiger partial charge in [0.05, 0.1) is 27.3 Å². The van der Waals surface area contributed by atoms with E-state index in [0.717, 1.165) is 32.1 Å². The summed E-state index contributed by atoms with van der Waals surface area (Å²) in [7, 11) is 1.83. The number of thiazole rings is 1. The Balaban J connectivity index is 1.33. The van der Waals surface area contributed by atoms with E-state index in [2.05, 4.69) is 15.4 Å². The van der Waals surface area contributed by atoms with Gasteiger partial charge in [0.2, 0.25) is 0 Å². The van der Waals surface area contributed by atoms with Crippen molar-refractivity contribution in [3.05, 3.63) is 71.0 Å². The minimum Gasteiger partial charge on any atom is -0.349 e. The van der Waals surface area contributed by atoms with Crippen molar-refractivity contribution in [3.63, 3.8) is 0 Å². The van der Waals surface area contributed by atoms with Crippen LogP contribution in [0.15, 0.2) is 54.6 Å². The molecule has 0 saturated carbocycles. The number of hydrogen-bond acceptors (Lipinski definition) is 6. The molecule has 9 heteroatoms. The van der Waals surface area contributed by atoms with E-state index in [1.807, 2.05) is 73.5 Å². The number of fused-ring (bicyclic) bond motifs is 1. The van der Waals surface area contributed by atoms with Crippen LogP contribution in [-0.2, 0) is 7.05 Å². The van der Waals surface area contributed by atoms with Crippen molar-refractivity contribution in [2.75, 3.05) is 18.2 Å². The van der Waals surface area contributed by atoms with Gasteiger partial charge in [-0.2, -0.15) is 5.10 Å². The van der Waals surface area contributed by atoms with Crippen LogP contribution in [0.25, 0.3) is 21.3 Å². The van der Waals surface area contributed by atoms with E-state index >= 15 is 0 Å². The molecule has 2 amide bonds. The molecule has 1 saturated heterocycles. The lowest BCUT2D eigenvalue weighted by atomic mass is 10.1. The molecule has 4 aromatic rings. The van der Waals surface area contributed by atoms with E-state index < -0.39 is 0 Å². The Kier molecular flexibility index (Phi) is 5.90. The van der Waals surface area contributed by atoms with E-state index in [1.165, 1.54) is 11.3 Å². The molecule has 0 unspecified atom stereocenters. The number of rotatable bonds is 5. The Hall–Kier alpha value is -3.17. The zero-order valence-corrected chi connectivity index (χ0v) is 19.9. The molecule has 1 N–H and O–H groups in total. The van der Waals surface area contributed by atoms with E-state index in [0.29, 0.717) is 23.8 Å². The fourth-order valence-electron chi connectivity index (χ4n) is 4.05. The number of nitrogens with zero attached hydrogens (tertiary/aromatic N) is 4. The van der Waals surface area contributed by atoms with Crippen molar-refractivity contribution in [3.8, 4) is 10.4 Å². The maximum atomic E-state index is 13.5. The number of nitrogens with one attached hydrogen (secondary N) is 1. The highest BCUT2D eigenvalue weighted by molar-refractivity contribution is 7.99. The minimum atomic E-state index is -0.231. The second-order valence-corrected chi connectivity index (χ2v) is 10.1. The smallest absolute Gasteiger partial charge is 0.275 e. The van der Waals surface area contributed by atoms with E-state index in [-0.39, 0.29) is 17.9 Å². The maximum Gasteiger partial charge on any atom is 0.275 e. The van der Waals surface area contributed by atoms with Crippen LogP contribution in [0.5, 0.6) is 0 Å². The molecule has 2 aromatic heterocycles. The third kappa shape index (κ3) is 4.14. The summed E-state index contributed by atoms with van der Waals surface area (Å²) in [6.45, 7) is 2.29. The molecule has 3 heterocycles. The first-order valence-corrected chi connectivity index (χ1v) is 12.6. The summed E-state index contributed by atoms with van der Waals surface area (Å²) >= 11 is 3.21. The Labute approximate surface area is 199 Å². The third-order valence-corrected chi connectivity index (χ3v) is 7.79. The number of para-hydroxylation sites is 1. The zero-order valence-electron chi connectivity index (χ0n) is 18.3. The van der Waals surface area contributed by atoms with E-state index in [1.54, 1.807) is 16.4 Å². The first kappa shape index (κ1) is 21.7. The van der Waals surface area contributed by atoms with Gasteiger partial charge < -0.3 is 10.2 Å². The molecular formula is C24H23N5O2S2. The molecule has 1 aliphatic rings. The lowest BCUT2D eigenvalue weighted by molar-refractivity contribution is 0.0731. The number of carbonyl (C=O) groups excluding carboxylic acids is 2. The molecule has 0 radical (unpaired) electrons. The molecule has 1 aliphatic heterocycles. The Morgan fingerprint density at radius 3 is 2.67 bits per heavy atom. The average Bonchev–Trinajstić information content (AvgIpc) is 3.55. The largest absolute Gasteiger partial charge is 0.349 e.